The molecule has 0 aliphatic heterocycles. The molecular formula is C18H23N3O3. The van der Waals surface area contributed by atoms with E-state index in [0.717, 1.165) is 11.4 Å². The molecule has 0 atom stereocenters. The van der Waals surface area contributed by atoms with Crippen molar-refractivity contribution in [1.29, 1.82) is 0 Å². The molecule has 1 aromatic heterocycles. The van der Waals surface area contributed by atoms with Gasteiger partial charge in [-0.25, -0.2) is 4.98 Å². The van der Waals surface area contributed by atoms with E-state index in [1.54, 1.807) is 20.4 Å². The zero-order valence-corrected chi connectivity index (χ0v) is 14.5. The van der Waals surface area contributed by atoms with Crippen LogP contribution in [0, 0.1) is 0 Å². The van der Waals surface area contributed by atoms with Gasteiger partial charge in [0.1, 0.15) is 17.3 Å². The molecule has 24 heavy (non-hydrogen) atoms. The first-order valence-corrected chi connectivity index (χ1v) is 7.67. The number of aromatic nitrogens is 1. The number of aryl methyl sites for hydroxylation is 1. The van der Waals surface area contributed by atoms with Crippen molar-refractivity contribution in [3.63, 3.8) is 0 Å². The normalized spacial score (nSPS) is 10.2. The lowest BCUT2D eigenvalue weighted by Gasteiger charge is -2.12. The molecule has 1 N–H and O–H groups in total. The molecule has 6 nitrogen and oxygen atoms in total. The summed E-state index contributed by atoms with van der Waals surface area (Å²) in [6.45, 7) is 0. The fourth-order valence-corrected chi connectivity index (χ4v) is 2.22. The number of amides is 1. The first-order chi connectivity index (χ1) is 11.5. The van der Waals surface area contributed by atoms with Crippen molar-refractivity contribution in [3.8, 4) is 11.5 Å². The molecule has 0 bridgehead atoms. The van der Waals surface area contributed by atoms with Crippen LogP contribution in [0.4, 0.5) is 11.5 Å². The molecule has 0 saturated heterocycles. The number of nitrogens with one attached hydrogen (secondary N) is 1. The monoisotopic (exact) mass is 329 g/mol. The van der Waals surface area contributed by atoms with Gasteiger partial charge in [0.15, 0.2) is 0 Å². The van der Waals surface area contributed by atoms with Gasteiger partial charge in [-0.05, 0) is 36.2 Å². The van der Waals surface area contributed by atoms with Crippen LogP contribution in [0.5, 0.6) is 11.5 Å². The lowest BCUT2D eigenvalue weighted by atomic mass is 10.1. The smallest absolute Gasteiger partial charge is 0.224 e. The number of nitrogens with zero attached hydrogens (tertiary/aromatic N) is 2. The maximum atomic E-state index is 12.1. The zero-order chi connectivity index (χ0) is 17.5. The summed E-state index contributed by atoms with van der Waals surface area (Å²) in [5.74, 6) is 2.22. The second kappa shape index (κ2) is 8.19. The Hall–Kier alpha value is -2.76. The van der Waals surface area contributed by atoms with Crippen molar-refractivity contribution in [1.82, 2.24) is 4.98 Å². The molecule has 0 aliphatic rings. The highest BCUT2D eigenvalue weighted by atomic mass is 16.5. The molecule has 128 valence electrons. The van der Waals surface area contributed by atoms with Crippen LogP contribution in [0.15, 0.2) is 36.5 Å². The summed E-state index contributed by atoms with van der Waals surface area (Å²) >= 11 is 0. The summed E-state index contributed by atoms with van der Waals surface area (Å²) < 4.78 is 10.5. The standard InChI is InChI=1S/C18H23N3O3/c1-21(2)17-7-6-14(12-19-17)20-18(22)8-5-13-9-15(23-3)11-16(10-13)24-4/h6-7,9-12H,5,8H2,1-4H3,(H,20,22). The van der Waals surface area contributed by atoms with Gasteiger partial charge in [0.05, 0.1) is 26.1 Å². The summed E-state index contributed by atoms with van der Waals surface area (Å²) in [5.41, 5.74) is 1.68. The van der Waals surface area contributed by atoms with Crippen LogP contribution in [0.3, 0.4) is 0 Å². The zero-order valence-electron chi connectivity index (χ0n) is 14.5. The molecule has 0 unspecified atom stereocenters. The first-order valence-electron chi connectivity index (χ1n) is 7.67. The highest BCUT2D eigenvalue weighted by Crippen LogP contribution is 2.23. The maximum Gasteiger partial charge on any atom is 0.224 e. The number of rotatable bonds is 7. The molecule has 1 aromatic carbocycles. The molecule has 0 spiro atoms. The van der Waals surface area contributed by atoms with Gasteiger partial charge >= 0.3 is 0 Å². The third-order valence-electron chi connectivity index (χ3n) is 3.54. The van der Waals surface area contributed by atoms with Crippen LogP contribution in [0.2, 0.25) is 0 Å². The number of hydrogen-bond donors (Lipinski definition) is 1. The second-order valence-electron chi connectivity index (χ2n) is 5.57. The summed E-state index contributed by atoms with van der Waals surface area (Å²) in [6.07, 6.45) is 2.62. The van der Waals surface area contributed by atoms with E-state index in [-0.39, 0.29) is 5.91 Å². The van der Waals surface area contributed by atoms with E-state index >= 15 is 0 Å². The number of pyridine rings is 1. The topological polar surface area (TPSA) is 63.7 Å². The molecule has 6 heteroatoms. The molecule has 0 radical (unpaired) electrons. The third kappa shape index (κ3) is 4.87. The second-order valence-corrected chi connectivity index (χ2v) is 5.57. The van der Waals surface area contributed by atoms with Gasteiger partial charge in [-0.3, -0.25) is 4.79 Å². The Kier molecular flexibility index (Phi) is 6.01. The number of ether oxygens (including phenoxy) is 2. The minimum Gasteiger partial charge on any atom is -0.497 e. The molecule has 0 saturated carbocycles. The predicted molar refractivity (Wildman–Crippen MR) is 95.1 cm³/mol. The average molecular weight is 329 g/mol. The van der Waals surface area contributed by atoms with Crippen molar-refractivity contribution in [3.05, 3.63) is 42.1 Å². The van der Waals surface area contributed by atoms with Crippen LogP contribution in [0.1, 0.15) is 12.0 Å². The molecule has 0 fully saturated rings. The van der Waals surface area contributed by atoms with Gasteiger partial charge in [0.25, 0.3) is 0 Å². The van der Waals surface area contributed by atoms with Crippen LogP contribution >= 0.6 is 0 Å². The molecule has 2 aromatic rings. The first kappa shape index (κ1) is 17.6. The van der Waals surface area contributed by atoms with E-state index < -0.39 is 0 Å². The van der Waals surface area contributed by atoms with Gasteiger partial charge in [0.2, 0.25) is 5.91 Å². The van der Waals surface area contributed by atoms with Crippen molar-refractivity contribution < 1.29 is 14.3 Å². The van der Waals surface area contributed by atoms with E-state index in [1.165, 1.54) is 0 Å². The molecule has 0 aliphatic carbocycles. The number of carbonyl (C=O) groups is 1. The summed E-state index contributed by atoms with van der Waals surface area (Å²) in [7, 11) is 7.05. The lowest BCUT2D eigenvalue weighted by Crippen LogP contribution is -2.14. The van der Waals surface area contributed by atoms with Crippen LogP contribution in [-0.2, 0) is 11.2 Å². The molecular weight excluding hydrogens is 306 g/mol. The van der Waals surface area contributed by atoms with E-state index in [0.29, 0.717) is 30.0 Å². The van der Waals surface area contributed by atoms with E-state index in [4.69, 9.17) is 9.47 Å². The van der Waals surface area contributed by atoms with E-state index in [1.807, 2.05) is 49.3 Å². The Morgan fingerprint density at radius 1 is 1.12 bits per heavy atom. The predicted octanol–water partition coefficient (Wildman–Crippen LogP) is 2.74. The van der Waals surface area contributed by atoms with E-state index in [2.05, 4.69) is 10.3 Å². The fourth-order valence-electron chi connectivity index (χ4n) is 2.22. The van der Waals surface area contributed by atoms with Crippen molar-refractivity contribution in [2.45, 2.75) is 12.8 Å². The number of methoxy groups -OCH3 is 2. The lowest BCUT2D eigenvalue weighted by molar-refractivity contribution is -0.116. The molecule has 1 amide bonds. The quantitative estimate of drug-likeness (QED) is 0.846. The largest absolute Gasteiger partial charge is 0.497 e. The van der Waals surface area contributed by atoms with Crippen LogP contribution < -0.4 is 19.7 Å². The van der Waals surface area contributed by atoms with Crippen molar-refractivity contribution in [2.75, 3.05) is 38.5 Å². The minimum absolute atomic E-state index is 0.0591. The van der Waals surface area contributed by atoms with E-state index in [9.17, 15) is 4.79 Å². The summed E-state index contributed by atoms with van der Waals surface area (Å²) in [4.78, 5) is 18.3. The Bertz CT molecular complexity index is 662. The Labute approximate surface area is 142 Å². The maximum absolute atomic E-state index is 12.1. The Morgan fingerprint density at radius 2 is 1.79 bits per heavy atom. The Morgan fingerprint density at radius 3 is 2.29 bits per heavy atom. The van der Waals surface area contributed by atoms with Gasteiger partial charge in [-0.15, -0.1) is 0 Å². The number of anilines is 2. The molecule has 1 heterocycles. The van der Waals surface area contributed by atoms with Crippen molar-refractivity contribution in [2.24, 2.45) is 0 Å². The molecule has 2 rings (SSSR count). The average Bonchev–Trinajstić information content (AvgIpc) is 2.60. The van der Waals surface area contributed by atoms with Gasteiger partial charge in [-0.1, -0.05) is 0 Å². The number of hydrogen-bond acceptors (Lipinski definition) is 5. The highest BCUT2D eigenvalue weighted by molar-refractivity contribution is 5.90. The van der Waals surface area contributed by atoms with Crippen LogP contribution in [0.25, 0.3) is 0 Å². The van der Waals surface area contributed by atoms with Gasteiger partial charge in [0, 0.05) is 26.6 Å². The SMILES string of the molecule is COc1cc(CCC(=O)Nc2ccc(N(C)C)nc2)cc(OC)c1. The van der Waals surface area contributed by atoms with Crippen LogP contribution in [-0.4, -0.2) is 39.2 Å². The van der Waals surface area contributed by atoms with Crippen molar-refractivity contribution >= 4 is 17.4 Å². The highest BCUT2D eigenvalue weighted by Gasteiger charge is 2.07. The summed E-state index contributed by atoms with van der Waals surface area (Å²) in [5, 5.41) is 2.85. The third-order valence-corrected chi connectivity index (χ3v) is 3.54. The summed E-state index contributed by atoms with van der Waals surface area (Å²) in [6, 6.07) is 9.32. The van der Waals surface area contributed by atoms with Gasteiger partial charge < -0.3 is 19.7 Å². The number of carbonyl (C=O) groups excluding carboxylic acids is 1. The van der Waals surface area contributed by atoms with Gasteiger partial charge in [-0.2, -0.15) is 0 Å². The number of benzene rings is 1. The minimum atomic E-state index is -0.0591. The fraction of sp³-hybridized carbons (Fsp3) is 0.333. The Balaban J connectivity index is 1.93.